The van der Waals surface area contributed by atoms with Crippen LogP contribution in [-0.2, 0) is 0 Å². The number of thiophene rings is 1. The maximum absolute atomic E-state index is 2.49. The van der Waals surface area contributed by atoms with E-state index in [9.17, 15) is 0 Å². The Kier molecular flexibility index (Phi) is 7.11. The Bertz CT molecular complexity index is 3230. The summed E-state index contributed by atoms with van der Waals surface area (Å²) in [6.07, 6.45) is 0. The van der Waals surface area contributed by atoms with Gasteiger partial charge in [0, 0.05) is 31.4 Å². The van der Waals surface area contributed by atoms with E-state index in [1.807, 2.05) is 11.3 Å². The van der Waals surface area contributed by atoms with Gasteiger partial charge in [-0.3, -0.25) is 0 Å². The zero-order chi connectivity index (χ0) is 35.6. The molecule has 0 amide bonds. The van der Waals surface area contributed by atoms with E-state index >= 15 is 0 Å². The number of rotatable bonds is 5. The van der Waals surface area contributed by atoms with E-state index < -0.39 is 0 Å². The molecule has 11 rings (SSSR count). The number of para-hydroxylation sites is 1. The van der Waals surface area contributed by atoms with Crippen LogP contribution in [0.5, 0.6) is 0 Å². The van der Waals surface area contributed by atoms with Gasteiger partial charge in [-0.15, -0.1) is 11.3 Å². The van der Waals surface area contributed by atoms with Crippen LogP contribution in [0.4, 0.5) is 17.1 Å². The summed E-state index contributed by atoms with van der Waals surface area (Å²) in [6.45, 7) is 0. The van der Waals surface area contributed by atoms with E-state index in [2.05, 4.69) is 205 Å². The summed E-state index contributed by atoms with van der Waals surface area (Å²) in [5.41, 5.74) is 8.27. The molecule has 0 atom stereocenters. The number of hydrogen-bond acceptors (Lipinski definition) is 2. The molecule has 0 spiro atoms. The Hall–Kier alpha value is -6.74. The fraction of sp³-hybridized carbons (Fsp3) is 0. The molecule has 0 bridgehead atoms. The van der Waals surface area contributed by atoms with Crippen molar-refractivity contribution in [3.8, 4) is 22.3 Å². The summed E-state index contributed by atoms with van der Waals surface area (Å²) in [5.74, 6) is 0. The van der Waals surface area contributed by atoms with Crippen molar-refractivity contribution < 1.29 is 0 Å². The van der Waals surface area contributed by atoms with Crippen LogP contribution >= 0.6 is 11.3 Å². The van der Waals surface area contributed by atoms with Gasteiger partial charge in [0.15, 0.2) is 0 Å². The van der Waals surface area contributed by atoms with E-state index in [4.69, 9.17) is 0 Å². The molecule has 0 saturated heterocycles. The number of nitrogens with zero attached hydrogens (tertiary/aromatic N) is 1. The fourth-order valence-electron chi connectivity index (χ4n) is 8.47. The predicted molar refractivity (Wildman–Crippen MR) is 235 cm³/mol. The van der Waals surface area contributed by atoms with Gasteiger partial charge in [-0.1, -0.05) is 158 Å². The zero-order valence-corrected chi connectivity index (χ0v) is 30.2. The molecular weight excluding hydrogens is 671 g/mol. The Morgan fingerprint density at radius 2 is 0.963 bits per heavy atom. The van der Waals surface area contributed by atoms with Crippen molar-refractivity contribution in [3.63, 3.8) is 0 Å². The normalized spacial score (nSPS) is 11.7. The fourth-order valence-corrected chi connectivity index (χ4v) is 9.73. The lowest BCUT2D eigenvalue weighted by Crippen LogP contribution is -2.11. The minimum absolute atomic E-state index is 1.12. The van der Waals surface area contributed by atoms with Gasteiger partial charge in [0.1, 0.15) is 0 Å². The van der Waals surface area contributed by atoms with E-state index in [1.54, 1.807) is 0 Å². The van der Waals surface area contributed by atoms with E-state index in [0.29, 0.717) is 0 Å². The quantitative estimate of drug-likeness (QED) is 0.161. The minimum atomic E-state index is 1.12. The maximum atomic E-state index is 2.49. The highest BCUT2D eigenvalue weighted by Crippen LogP contribution is 2.49. The average Bonchev–Trinajstić information content (AvgIpc) is 3.64. The van der Waals surface area contributed by atoms with Crippen LogP contribution < -0.4 is 4.90 Å². The molecular formula is C52H33NS. The van der Waals surface area contributed by atoms with Gasteiger partial charge < -0.3 is 4.90 Å². The van der Waals surface area contributed by atoms with Crippen LogP contribution in [0.1, 0.15) is 0 Å². The van der Waals surface area contributed by atoms with Gasteiger partial charge in [0.05, 0.1) is 11.4 Å². The molecule has 0 aliphatic heterocycles. The van der Waals surface area contributed by atoms with Crippen molar-refractivity contribution in [3.05, 3.63) is 200 Å². The Balaban J connectivity index is 1.17. The summed E-state index contributed by atoms with van der Waals surface area (Å²) in [7, 11) is 0. The van der Waals surface area contributed by atoms with Crippen LogP contribution in [0.2, 0.25) is 0 Å². The van der Waals surface area contributed by atoms with Gasteiger partial charge in [-0.25, -0.2) is 0 Å². The highest BCUT2D eigenvalue weighted by atomic mass is 32.1. The second kappa shape index (κ2) is 12.4. The van der Waals surface area contributed by atoms with Crippen molar-refractivity contribution >= 4 is 91.7 Å². The van der Waals surface area contributed by atoms with Crippen LogP contribution in [0.25, 0.3) is 85.5 Å². The lowest BCUT2D eigenvalue weighted by molar-refractivity contribution is 1.30. The average molecular weight is 704 g/mol. The minimum Gasteiger partial charge on any atom is -0.309 e. The molecule has 0 radical (unpaired) electrons. The van der Waals surface area contributed by atoms with E-state index in [-0.39, 0.29) is 0 Å². The van der Waals surface area contributed by atoms with Gasteiger partial charge in [0.2, 0.25) is 0 Å². The molecule has 0 aliphatic carbocycles. The van der Waals surface area contributed by atoms with Crippen LogP contribution in [0.3, 0.4) is 0 Å². The molecule has 11 aromatic rings. The van der Waals surface area contributed by atoms with Crippen LogP contribution in [0.15, 0.2) is 200 Å². The standard InChI is InChI=1S/C52H33NS/c1-2-14-37-32-38(25-24-34(37)12-1)35-26-29-40(30-27-35)53(49-22-11-23-50-51(49)46-31-28-36-13-3-6-17-42(36)52(46)54-50)48-21-10-9-20-45(48)47-33-39-15-4-5-16-41(39)43-18-7-8-19-44(43)47/h1-33H. The largest absolute Gasteiger partial charge is 0.309 e. The van der Waals surface area contributed by atoms with E-state index in [0.717, 1.165) is 11.4 Å². The summed E-state index contributed by atoms with van der Waals surface area (Å²) in [5, 5.41) is 12.7. The van der Waals surface area contributed by atoms with Crippen molar-refractivity contribution in [1.29, 1.82) is 0 Å². The molecule has 0 unspecified atom stereocenters. The maximum Gasteiger partial charge on any atom is 0.0555 e. The van der Waals surface area contributed by atoms with E-state index in [1.165, 1.54) is 91.2 Å². The number of hydrogen-bond donors (Lipinski definition) is 0. The lowest BCUT2D eigenvalue weighted by atomic mass is 9.92. The SMILES string of the molecule is c1ccc(N(c2ccc(-c3ccc4ccccc4c3)cc2)c2cccc3sc4c5ccccc5ccc4c23)c(-c2cc3ccccc3c3ccccc23)c1. The Morgan fingerprint density at radius 3 is 1.81 bits per heavy atom. The highest BCUT2D eigenvalue weighted by Gasteiger charge is 2.23. The Labute approximate surface area is 317 Å². The van der Waals surface area contributed by atoms with Crippen molar-refractivity contribution in [2.45, 2.75) is 0 Å². The third kappa shape index (κ3) is 4.92. The summed E-state index contributed by atoms with van der Waals surface area (Å²) in [6, 6.07) is 73.6. The molecule has 2 heteroatoms. The molecule has 0 saturated carbocycles. The van der Waals surface area contributed by atoms with Crippen molar-refractivity contribution in [2.75, 3.05) is 4.90 Å². The molecule has 10 aromatic carbocycles. The van der Waals surface area contributed by atoms with Crippen molar-refractivity contribution in [1.82, 2.24) is 0 Å². The molecule has 0 N–H and O–H groups in total. The topological polar surface area (TPSA) is 3.24 Å². The summed E-state index contributed by atoms with van der Waals surface area (Å²) in [4.78, 5) is 2.49. The first kappa shape index (κ1) is 30.8. The zero-order valence-electron chi connectivity index (χ0n) is 29.4. The Morgan fingerprint density at radius 1 is 0.333 bits per heavy atom. The number of anilines is 3. The van der Waals surface area contributed by atoms with Gasteiger partial charge in [-0.2, -0.15) is 0 Å². The molecule has 54 heavy (non-hydrogen) atoms. The number of benzene rings is 10. The molecule has 1 nitrogen and oxygen atoms in total. The van der Waals surface area contributed by atoms with Gasteiger partial charge >= 0.3 is 0 Å². The first-order valence-electron chi connectivity index (χ1n) is 18.5. The summed E-state index contributed by atoms with van der Waals surface area (Å²) < 4.78 is 2.61. The van der Waals surface area contributed by atoms with Gasteiger partial charge in [-0.05, 0) is 102 Å². The first-order chi connectivity index (χ1) is 26.8. The first-order valence-corrected chi connectivity index (χ1v) is 19.3. The molecule has 252 valence electrons. The second-order valence-corrected chi connectivity index (χ2v) is 15.1. The molecule has 1 aromatic heterocycles. The highest BCUT2D eigenvalue weighted by molar-refractivity contribution is 7.26. The van der Waals surface area contributed by atoms with Crippen LogP contribution in [0, 0.1) is 0 Å². The third-order valence-corrected chi connectivity index (χ3v) is 12.2. The van der Waals surface area contributed by atoms with Crippen molar-refractivity contribution in [2.24, 2.45) is 0 Å². The molecule has 0 fully saturated rings. The smallest absolute Gasteiger partial charge is 0.0555 e. The predicted octanol–water partition coefficient (Wildman–Crippen LogP) is 15.5. The van der Waals surface area contributed by atoms with Crippen LogP contribution in [-0.4, -0.2) is 0 Å². The monoisotopic (exact) mass is 703 g/mol. The third-order valence-electron chi connectivity index (χ3n) is 11.0. The summed E-state index contributed by atoms with van der Waals surface area (Å²) >= 11 is 1.89. The van der Waals surface area contributed by atoms with Gasteiger partial charge in [0.25, 0.3) is 0 Å². The second-order valence-electron chi connectivity index (χ2n) is 14.1. The molecule has 0 aliphatic rings. The number of fused-ring (bicyclic) bond motifs is 9. The molecule has 1 heterocycles. The lowest BCUT2D eigenvalue weighted by Gasteiger charge is -2.29.